The molecule has 0 atom stereocenters. The first-order chi connectivity index (χ1) is 9.31. The Morgan fingerprint density at radius 1 is 1.23 bits per heavy atom. The second-order valence-corrected chi connectivity index (χ2v) is 4.81. The summed E-state index contributed by atoms with van der Waals surface area (Å²) in [7, 11) is 0. The van der Waals surface area contributed by atoms with E-state index in [0.717, 1.165) is 12.2 Å². The number of allylic oxidation sites excluding steroid dienone is 3. The Labute approximate surface area is 162 Å². The molecule has 0 spiro atoms. The Morgan fingerprint density at radius 3 is 2.68 bits per heavy atom. The van der Waals surface area contributed by atoms with Crippen LogP contribution in [0.1, 0.15) is 17.5 Å². The summed E-state index contributed by atoms with van der Waals surface area (Å²) < 4.78 is 5.64. The quantitative estimate of drug-likeness (QED) is 0.562. The zero-order valence-electron chi connectivity index (χ0n) is 12.3. The van der Waals surface area contributed by atoms with Crippen molar-refractivity contribution in [1.29, 1.82) is 0 Å². The van der Waals surface area contributed by atoms with E-state index in [-0.39, 0.29) is 57.6 Å². The zero-order valence-corrected chi connectivity index (χ0v) is 16.2. The van der Waals surface area contributed by atoms with E-state index in [2.05, 4.69) is 43.3 Å². The minimum Gasteiger partial charge on any atom is -1.00 e. The largest absolute Gasteiger partial charge is 3.00 e. The van der Waals surface area contributed by atoms with Crippen LogP contribution in [-0.2, 0) is 30.9 Å². The van der Waals surface area contributed by atoms with Crippen LogP contribution < -0.4 is 24.8 Å². The van der Waals surface area contributed by atoms with Crippen LogP contribution in [0.5, 0.6) is 0 Å². The first-order valence-electron chi connectivity index (χ1n) is 6.60. The standard InChI is InChI=1S/C17H17O2.2ClH.Zr/c1-12-11-13-5-2-3-6-14(13)17(12)15-7-4-8-16(15)19-10-9-18;;;/h2-6,8,11,18H,7,9-10H2,1H3;2*1H;/q-1;;;+3/p-2. The molecule has 0 amide bonds. The van der Waals surface area contributed by atoms with E-state index in [1.807, 2.05) is 6.08 Å². The van der Waals surface area contributed by atoms with Gasteiger partial charge in [0, 0.05) is 0 Å². The van der Waals surface area contributed by atoms with Crippen molar-refractivity contribution in [2.24, 2.45) is 0 Å². The summed E-state index contributed by atoms with van der Waals surface area (Å²) in [5.41, 5.74) is 3.80. The molecule has 1 radical (unpaired) electrons. The van der Waals surface area contributed by atoms with Crippen LogP contribution in [0.2, 0.25) is 0 Å². The number of benzene rings is 1. The SMILES string of the molecule is Cc1[cH-]c2ccccc2c1C1=C(OCCO)C=CC1.[Cl-].[Cl-].[Zr+3]. The van der Waals surface area contributed by atoms with Crippen molar-refractivity contribution in [2.45, 2.75) is 13.3 Å². The summed E-state index contributed by atoms with van der Waals surface area (Å²) >= 11 is 0. The summed E-state index contributed by atoms with van der Waals surface area (Å²) in [5, 5.41) is 11.5. The summed E-state index contributed by atoms with van der Waals surface area (Å²) in [5.74, 6) is 0.897. The number of aliphatic hydroxyl groups is 1. The van der Waals surface area contributed by atoms with Crippen molar-refractivity contribution < 1.29 is 60.9 Å². The molecule has 0 heterocycles. The minimum atomic E-state index is 0. The predicted octanol–water partition coefficient (Wildman–Crippen LogP) is -2.45. The molecule has 2 aromatic rings. The first kappa shape index (κ1) is 21.5. The Hall–Kier alpha value is -0.467. The maximum Gasteiger partial charge on any atom is 3.00 e. The molecule has 1 N–H and O–H groups in total. The Morgan fingerprint density at radius 2 is 1.95 bits per heavy atom. The van der Waals surface area contributed by atoms with Crippen molar-refractivity contribution in [3.8, 4) is 0 Å². The fourth-order valence-electron chi connectivity index (χ4n) is 2.77. The van der Waals surface area contributed by atoms with Gasteiger partial charge in [-0.25, -0.2) is 0 Å². The third-order valence-electron chi connectivity index (χ3n) is 3.54. The van der Waals surface area contributed by atoms with Crippen LogP contribution in [0.15, 0.2) is 48.2 Å². The van der Waals surface area contributed by atoms with Crippen molar-refractivity contribution in [2.75, 3.05) is 13.2 Å². The summed E-state index contributed by atoms with van der Waals surface area (Å²) in [4.78, 5) is 0. The van der Waals surface area contributed by atoms with E-state index < -0.39 is 0 Å². The van der Waals surface area contributed by atoms with Gasteiger partial charge >= 0.3 is 26.2 Å². The van der Waals surface area contributed by atoms with Gasteiger partial charge in [0.25, 0.3) is 0 Å². The molecule has 2 nitrogen and oxygen atoms in total. The number of ether oxygens (including phenoxy) is 1. The van der Waals surface area contributed by atoms with Crippen LogP contribution >= 0.6 is 0 Å². The van der Waals surface area contributed by atoms with Crippen LogP contribution in [-0.4, -0.2) is 18.3 Å². The molecule has 0 saturated carbocycles. The van der Waals surface area contributed by atoms with E-state index in [1.165, 1.54) is 27.5 Å². The topological polar surface area (TPSA) is 29.5 Å². The van der Waals surface area contributed by atoms with Crippen molar-refractivity contribution in [3.05, 3.63) is 59.4 Å². The van der Waals surface area contributed by atoms with Crippen molar-refractivity contribution in [1.82, 2.24) is 0 Å². The molecule has 1 aliphatic carbocycles. The minimum absolute atomic E-state index is 0. The van der Waals surface area contributed by atoms with Crippen LogP contribution in [0, 0.1) is 6.92 Å². The second-order valence-electron chi connectivity index (χ2n) is 4.81. The number of rotatable bonds is 4. The molecule has 0 bridgehead atoms. The average molecular weight is 415 g/mol. The molecule has 2 aromatic carbocycles. The number of hydrogen-bond acceptors (Lipinski definition) is 2. The van der Waals surface area contributed by atoms with Crippen LogP contribution in [0.4, 0.5) is 0 Å². The number of aryl methyl sites for hydroxylation is 1. The maximum absolute atomic E-state index is 8.90. The van der Waals surface area contributed by atoms with Gasteiger partial charge in [-0.15, -0.1) is 46.2 Å². The number of halogens is 2. The van der Waals surface area contributed by atoms with E-state index >= 15 is 0 Å². The molecule has 1 aliphatic rings. The Kier molecular flexibility index (Phi) is 9.42. The Bertz CT molecular complexity index is 674. The van der Waals surface area contributed by atoms with Gasteiger partial charge in [0.1, 0.15) is 12.4 Å². The first-order valence-corrected chi connectivity index (χ1v) is 6.60. The van der Waals surface area contributed by atoms with Gasteiger partial charge in [-0.3, -0.25) is 0 Å². The molecule has 115 valence electrons. The van der Waals surface area contributed by atoms with E-state index in [9.17, 15) is 0 Å². The second kappa shape index (κ2) is 9.62. The fourth-order valence-corrected chi connectivity index (χ4v) is 2.77. The molecule has 0 saturated heterocycles. The Balaban J connectivity index is 0.00000147. The summed E-state index contributed by atoms with van der Waals surface area (Å²) in [6.45, 7) is 2.54. The summed E-state index contributed by atoms with van der Waals surface area (Å²) in [6.07, 6.45) is 5.02. The van der Waals surface area contributed by atoms with Gasteiger partial charge < -0.3 is 34.7 Å². The fraction of sp³-hybridized carbons (Fsp3) is 0.235. The molecule has 0 aromatic heterocycles. The van der Waals surface area contributed by atoms with Crippen LogP contribution in [0.25, 0.3) is 16.3 Å². The third-order valence-corrected chi connectivity index (χ3v) is 3.54. The maximum atomic E-state index is 8.90. The van der Waals surface area contributed by atoms with Crippen molar-refractivity contribution in [3.63, 3.8) is 0 Å². The van der Waals surface area contributed by atoms with Crippen molar-refractivity contribution >= 4 is 16.3 Å². The molecule has 0 fully saturated rings. The molecule has 22 heavy (non-hydrogen) atoms. The van der Waals surface area contributed by atoms with E-state index in [1.54, 1.807) is 0 Å². The molecular formula is C17H17Cl2O2Zr. The zero-order chi connectivity index (χ0) is 13.2. The number of fused-ring (bicyclic) bond motifs is 1. The van der Waals surface area contributed by atoms with E-state index in [4.69, 9.17) is 9.84 Å². The summed E-state index contributed by atoms with van der Waals surface area (Å²) in [6, 6.07) is 10.7. The van der Waals surface area contributed by atoms with Gasteiger partial charge in [0.15, 0.2) is 0 Å². The molecule has 5 heteroatoms. The molecular weight excluding hydrogens is 398 g/mol. The molecule has 3 rings (SSSR count). The number of hydrogen-bond donors (Lipinski definition) is 1. The van der Waals surface area contributed by atoms with Crippen LogP contribution in [0.3, 0.4) is 0 Å². The third kappa shape index (κ3) is 4.08. The van der Waals surface area contributed by atoms with E-state index in [0.29, 0.717) is 6.61 Å². The number of aliphatic hydroxyl groups excluding tert-OH is 1. The molecule has 0 aliphatic heterocycles. The van der Waals surface area contributed by atoms with Gasteiger partial charge in [0.2, 0.25) is 0 Å². The predicted molar refractivity (Wildman–Crippen MR) is 78.0 cm³/mol. The van der Waals surface area contributed by atoms with Gasteiger partial charge in [-0.05, 0) is 18.1 Å². The smallest absolute Gasteiger partial charge is 1.00 e. The monoisotopic (exact) mass is 413 g/mol. The van der Waals surface area contributed by atoms with Gasteiger partial charge in [-0.2, -0.15) is 0 Å². The average Bonchev–Trinajstić information content (AvgIpc) is 2.98. The van der Waals surface area contributed by atoms with Gasteiger partial charge in [-0.1, -0.05) is 19.1 Å². The normalized spacial score (nSPS) is 12.6. The van der Waals surface area contributed by atoms with Gasteiger partial charge in [0.05, 0.1) is 6.61 Å². The molecule has 0 unspecified atom stereocenters.